The Morgan fingerprint density at radius 2 is 2.05 bits per heavy atom. The van der Waals surface area contributed by atoms with Gasteiger partial charge < -0.3 is 15.0 Å². The second-order valence-corrected chi connectivity index (χ2v) is 5.36. The van der Waals surface area contributed by atoms with Crippen LogP contribution in [-0.2, 0) is 4.74 Å². The van der Waals surface area contributed by atoms with E-state index in [2.05, 4.69) is 27.0 Å². The van der Waals surface area contributed by atoms with E-state index >= 15 is 0 Å². The number of guanidine groups is 1. The Bertz CT molecular complexity index is 295. The molecule has 0 bridgehead atoms. The topological polar surface area (TPSA) is 40.1 Å². The Morgan fingerprint density at radius 3 is 2.70 bits per heavy atom. The average molecular weight is 396 g/mol. The van der Waals surface area contributed by atoms with E-state index in [0.29, 0.717) is 6.04 Å². The summed E-state index contributed by atoms with van der Waals surface area (Å²) in [5.74, 6) is 1.07. The predicted molar refractivity (Wildman–Crippen MR) is 94.1 cm³/mol. The molecule has 5 nitrogen and oxygen atoms in total. The standard InChI is InChI=1S/C14H28N4O.HI/c1-3-4-6-16-14(15-2)18-7-5-13(12-18)17-8-10-19-11-9-17;/h13H,3-12H2,1-2H3,(H,15,16);1H. The average Bonchev–Trinajstić information content (AvgIpc) is 2.94. The van der Waals surface area contributed by atoms with E-state index in [9.17, 15) is 0 Å². The molecule has 2 saturated heterocycles. The van der Waals surface area contributed by atoms with Crippen molar-refractivity contribution in [2.45, 2.75) is 32.2 Å². The molecule has 0 saturated carbocycles. The van der Waals surface area contributed by atoms with E-state index in [0.717, 1.165) is 51.9 Å². The number of unbranched alkanes of at least 4 members (excludes halogenated alkanes) is 1. The zero-order chi connectivity index (χ0) is 13.5. The molecule has 0 radical (unpaired) electrons. The smallest absolute Gasteiger partial charge is 0.193 e. The van der Waals surface area contributed by atoms with Crippen LogP contribution < -0.4 is 5.32 Å². The predicted octanol–water partition coefficient (Wildman–Crippen LogP) is 1.39. The highest BCUT2D eigenvalue weighted by Crippen LogP contribution is 2.16. The monoisotopic (exact) mass is 396 g/mol. The molecule has 1 N–H and O–H groups in total. The maximum Gasteiger partial charge on any atom is 0.193 e. The molecule has 2 aliphatic heterocycles. The lowest BCUT2D eigenvalue weighted by molar-refractivity contribution is 0.0195. The fourth-order valence-corrected chi connectivity index (χ4v) is 2.88. The molecule has 0 aliphatic carbocycles. The number of rotatable bonds is 4. The van der Waals surface area contributed by atoms with Gasteiger partial charge in [0.15, 0.2) is 5.96 Å². The van der Waals surface area contributed by atoms with E-state index in [4.69, 9.17) is 4.74 Å². The lowest BCUT2D eigenvalue weighted by Gasteiger charge is -2.32. The van der Waals surface area contributed by atoms with Crippen LogP contribution in [0.3, 0.4) is 0 Å². The zero-order valence-electron chi connectivity index (χ0n) is 12.8. The van der Waals surface area contributed by atoms with Gasteiger partial charge in [-0.3, -0.25) is 9.89 Å². The van der Waals surface area contributed by atoms with Gasteiger partial charge in [0, 0.05) is 45.8 Å². The van der Waals surface area contributed by atoms with E-state index in [1.807, 2.05) is 7.05 Å². The van der Waals surface area contributed by atoms with Crippen LogP contribution in [-0.4, -0.2) is 74.8 Å². The summed E-state index contributed by atoms with van der Waals surface area (Å²) in [6.07, 6.45) is 3.68. The van der Waals surface area contributed by atoms with Crippen LogP contribution in [0.15, 0.2) is 4.99 Å². The maximum absolute atomic E-state index is 5.43. The molecule has 2 rings (SSSR count). The van der Waals surface area contributed by atoms with Gasteiger partial charge in [0.25, 0.3) is 0 Å². The number of aliphatic imine (C=N–C) groups is 1. The van der Waals surface area contributed by atoms with Crippen LogP contribution in [0.25, 0.3) is 0 Å². The molecule has 2 fully saturated rings. The normalized spacial score (nSPS) is 24.6. The molecular formula is C14H29IN4O. The van der Waals surface area contributed by atoms with Crippen molar-refractivity contribution in [3.63, 3.8) is 0 Å². The van der Waals surface area contributed by atoms with Gasteiger partial charge in [-0.25, -0.2) is 0 Å². The first-order valence-corrected chi connectivity index (χ1v) is 7.62. The molecule has 2 heterocycles. The molecule has 118 valence electrons. The second-order valence-electron chi connectivity index (χ2n) is 5.36. The SMILES string of the molecule is CCCCNC(=NC)N1CCC(N2CCOCC2)C1.I. The van der Waals surface area contributed by atoms with Gasteiger partial charge in [0.2, 0.25) is 0 Å². The molecule has 0 spiro atoms. The number of hydrogen-bond donors (Lipinski definition) is 1. The van der Waals surface area contributed by atoms with Crippen LogP contribution in [0.4, 0.5) is 0 Å². The highest BCUT2D eigenvalue weighted by molar-refractivity contribution is 14.0. The van der Waals surface area contributed by atoms with Crippen LogP contribution in [0.2, 0.25) is 0 Å². The third-order valence-electron chi connectivity index (χ3n) is 4.05. The number of ether oxygens (including phenoxy) is 1. The fraction of sp³-hybridized carbons (Fsp3) is 0.929. The van der Waals surface area contributed by atoms with Gasteiger partial charge >= 0.3 is 0 Å². The Balaban J connectivity index is 0.00000200. The molecular weight excluding hydrogens is 367 g/mol. The number of nitrogens with zero attached hydrogens (tertiary/aromatic N) is 3. The first-order chi connectivity index (χ1) is 9.35. The van der Waals surface area contributed by atoms with Gasteiger partial charge in [-0.05, 0) is 12.8 Å². The van der Waals surface area contributed by atoms with Crippen molar-refractivity contribution in [2.75, 3.05) is 53.0 Å². The van der Waals surface area contributed by atoms with Gasteiger partial charge in [0.05, 0.1) is 13.2 Å². The van der Waals surface area contributed by atoms with Crippen molar-refractivity contribution in [3.05, 3.63) is 0 Å². The van der Waals surface area contributed by atoms with Crippen molar-refractivity contribution in [3.8, 4) is 0 Å². The Hall–Kier alpha value is -0.0800. The molecule has 6 heteroatoms. The first kappa shape index (κ1) is 18.0. The summed E-state index contributed by atoms with van der Waals surface area (Å²) >= 11 is 0. The summed E-state index contributed by atoms with van der Waals surface area (Å²) in [4.78, 5) is 9.38. The van der Waals surface area contributed by atoms with E-state index < -0.39 is 0 Å². The Kier molecular flexibility index (Phi) is 8.79. The lowest BCUT2D eigenvalue weighted by atomic mass is 10.2. The number of nitrogens with one attached hydrogen (secondary N) is 1. The van der Waals surface area contributed by atoms with Crippen molar-refractivity contribution < 1.29 is 4.74 Å². The van der Waals surface area contributed by atoms with Crippen LogP contribution in [0.5, 0.6) is 0 Å². The molecule has 0 aromatic carbocycles. The lowest BCUT2D eigenvalue weighted by Crippen LogP contribution is -2.46. The van der Waals surface area contributed by atoms with Crippen molar-refractivity contribution >= 4 is 29.9 Å². The van der Waals surface area contributed by atoms with Crippen LogP contribution in [0, 0.1) is 0 Å². The number of hydrogen-bond acceptors (Lipinski definition) is 3. The van der Waals surface area contributed by atoms with Crippen molar-refractivity contribution in [2.24, 2.45) is 4.99 Å². The number of morpholine rings is 1. The van der Waals surface area contributed by atoms with Crippen LogP contribution in [0.1, 0.15) is 26.2 Å². The summed E-state index contributed by atoms with van der Waals surface area (Å²) in [6, 6.07) is 0.675. The van der Waals surface area contributed by atoms with Crippen molar-refractivity contribution in [1.82, 2.24) is 15.1 Å². The quantitative estimate of drug-likeness (QED) is 0.338. The molecule has 0 aromatic rings. The van der Waals surface area contributed by atoms with E-state index in [-0.39, 0.29) is 24.0 Å². The fourth-order valence-electron chi connectivity index (χ4n) is 2.88. The van der Waals surface area contributed by atoms with Gasteiger partial charge in [0.1, 0.15) is 0 Å². The van der Waals surface area contributed by atoms with Gasteiger partial charge in [-0.1, -0.05) is 13.3 Å². The third-order valence-corrected chi connectivity index (χ3v) is 4.05. The number of likely N-dealkylation sites (tertiary alicyclic amines) is 1. The summed E-state index contributed by atoms with van der Waals surface area (Å²) in [5, 5.41) is 3.47. The molecule has 1 atom stereocenters. The van der Waals surface area contributed by atoms with Gasteiger partial charge in [-0.15, -0.1) is 24.0 Å². The summed E-state index contributed by atoms with van der Waals surface area (Å²) in [5.41, 5.74) is 0. The molecule has 20 heavy (non-hydrogen) atoms. The van der Waals surface area contributed by atoms with E-state index in [1.54, 1.807) is 0 Å². The van der Waals surface area contributed by atoms with Crippen molar-refractivity contribution in [1.29, 1.82) is 0 Å². The second kappa shape index (κ2) is 9.78. The highest BCUT2D eigenvalue weighted by atomic mass is 127. The Morgan fingerprint density at radius 1 is 1.30 bits per heavy atom. The summed E-state index contributed by atoms with van der Waals surface area (Å²) in [6.45, 7) is 9.41. The molecule has 2 aliphatic rings. The van der Waals surface area contributed by atoms with Crippen LogP contribution >= 0.6 is 24.0 Å². The molecule has 0 aromatic heterocycles. The minimum atomic E-state index is 0. The minimum Gasteiger partial charge on any atom is -0.379 e. The first-order valence-electron chi connectivity index (χ1n) is 7.62. The zero-order valence-corrected chi connectivity index (χ0v) is 15.1. The largest absolute Gasteiger partial charge is 0.379 e. The molecule has 1 unspecified atom stereocenters. The Labute approximate surface area is 140 Å². The maximum atomic E-state index is 5.43. The number of halogens is 1. The summed E-state index contributed by atoms with van der Waals surface area (Å²) < 4.78 is 5.43. The van der Waals surface area contributed by atoms with Gasteiger partial charge in [-0.2, -0.15) is 0 Å². The van der Waals surface area contributed by atoms with E-state index in [1.165, 1.54) is 19.3 Å². The minimum absolute atomic E-state index is 0. The molecule has 0 amide bonds. The third kappa shape index (κ3) is 5.04. The highest BCUT2D eigenvalue weighted by Gasteiger charge is 2.29. The summed E-state index contributed by atoms with van der Waals surface area (Å²) in [7, 11) is 1.89.